The van der Waals surface area contributed by atoms with Gasteiger partial charge in [0.2, 0.25) is 0 Å². The molecule has 0 radical (unpaired) electrons. The van der Waals surface area contributed by atoms with E-state index in [2.05, 4.69) is 6.58 Å². The maximum Gasteiger partial charge on any atom is 0.138 e. The van der Waals surface area contributed by atoms with Crippen molar-refractivity contribution in [2.24, 2.45) is 0 Å². The number of hydrogen-bond donors (Lipinski definition) is 0. The predicted octanol–water partition coefficient (Wildman–Crippen LogP) is 6.58. The van der Waals surface area contributed by atoms with Crippen LogP contribution in [0.3, 0.4) is 0 Å². The highest BCUT2D eigenvalue weighted by molar-refractivity contribution is 6.33. The van der Waals surface area contributed by atoms with Crippen LogP contribution < -0.4 is 0 Å². The Morgan fingerprint density at radius 2 is 1.50 bits per heavy atom. The van der Waals surface area contributed by atoms with Crippen molar-refractivity contribution < 1.29 is 13.2 Å². The molecule has 2 aromatic carbocycles. The molecule has 0 spiro atoms. The summed E-state index contributed by atoms with van der Waals surface area (Å²) in [4.78, 5) is 1.50. The molecule has 0 saturated heterocycles. The van der Waals surface area contributed by atoms with Crippen LogP contribution >= 0.6 is 11.6 Å². The molecule has 136 valence electrons. The van der Waals surface area contributed by atoms with E-state index < -0.39 is 17.5 Å². The second kappa shape index (κ2) is 8.28. The molecule has 3 rings (SSSR count). The second-order valence-electron chi connectivity index (χ2n) is 5.37. The molecule has 0 bridgehead atoms. The van der Waals surface area contributed by atoms with Crippen molar-refractivity contribution in [1.82, 2.24) is 4.90 Å². The maximum atomic E-state index is 14.4. The van der Waals surface area contributed by atoms with Crippen molar-refractivity contribution >= 4 is 22.9 Å². The average Bonchev–Trinajstić information content (AvgIpc) is 2.63. The Hall–Kier alpha value is -2.46. The van der Waals surface area contributed by atoms with E-state index in [1.807, 2.05) is 32.0 Å². The van der Waals surface area contributed by atoms with E-state index >= 15 is 0 Å². The Balaban J connectivity index is 0.00000117. The van der Waals surface area contributed by atoms with E-state index in [4.69, 9.17) is 11.6 Å². The molecule has 1 heterocycles. The van der Waals surface area contributed by atoms with Crippen molar-refractivity contribution in [1.29, 1.82) is 0 Å². The molecular weight excluding hydrogens is 359 g/mol. The van der Waals surface area contributed by atoms with E-state index in [0.717, 1.165) is 5.56 Å². The number of rotatable bonds is 2. The SMILES string of the molecule is C=C1C(Cl)=CC(c2ccccc2)=C(c2c(F)cc(F)cc2F)N1C.CC. The molecule has 1 aliphatic heterocycles. The van der Waals surface area contributed by atoms with Crippen LogP contribution in [0.15, 0.2) is 65.8 Å². The summed E-state index contributed by atoms with van der Waals surface area (Å²) >= 11 is 6.20. The molecule has 0 aliphatic carbocycles. The normalized spacial score (nSPS) is 14.0. The lowest BCUT2D eigenvalue weighted by Crippen LogP contribution is -2.22. The van der Waals surface area contributed by atoms with Gasteiger partial charge in [-0.15, -0.1) is 0 Å². The summed E-state index contributed by atoms with van der Waals surface area (Å²) in [5, 5.41) is 0.364. The van der Waals surface area contributed by atoms with Crippen molar-refractivity contribution in [3.8, 4) is 0 Å². The first-order valence-electron chi connectivity index (χ1n) is 8.15. The van der Waals surface area contributed by atoms with E-state index in [0.29, 0.717) is 28.4 Å². The zero-order valence-corrected chi connectivity index (χ0v) is 15.5. The van der Waals surface area contributed by atoms with Gasteiger partial charge in [-0.1, -0.05) is 62.4 Å². The smallest absolute Gasteiger partial charge is 0.138 e. The lowest BCUT2D eigenvalue weighted by molar-refractivity contribution is 0.524. The predicted molar refractivity (Wildman–Crippen MR) is 102 cm³/mol. The van der Waals surface area contributed by atoms with E-state index in [1.54, 1.807) is 25.3 Å². The van der Waals surface area contributed by atoms with Gasteiger partial charge >= 0.3 is 0 Å². The summed E-state index contributed by atoms with van der Waals surface area (Å²) < 4.78 is 42.0. The van der Waals surface area contributed by atoms with Gasteiger partial charge in [0.1, 0.15) is 17.5 Å². The summed E-state index contributed by atoms with van der Waals surface area (Å²) in [5.41, 5.74) is 1.58. The molecule has 0 fully saturated rings. The number of halogens is 4. The summed E-state index contributed by atoms with van der Waals surface area (Å²) in [5.74, 6) is -2.94. The molecule has 1 nitrogen and oxygen atoms in total. The monoisotopic (exact) mass is 377 g/mol. The zero-order valence-electron chi connectivity index (χ0n) is 14.8. The van der Waals surface area contributed by atoms with Crippen LogP contribution in [0.4, 0.5) is 13.2 Å². The maximum absolute atomic E-state index is 14.4. The van der Waals surface area contributed by atoms with Gasteiger partial charge in [0.05, 0.1) is 22.0 Å². The summed E-state index contributed by atoms with van der Waals surface area (Å²) in [6, 6.07) is 10.4. The minimum absolute atomic E-state index is 0.241. The van der Waals surface area contributed by atoms with Crippen LogP contribution in [-0.4, -0.2) is 11.9 Å². The van der Waals surface area contributed by atoms with Crippen LogP contribution in [0.5, 0.6) is 0 Å². The molecule has 0 saturated carbocycles. The van der Waals surface area contributed by atoms with E-state index in [-0.39, 0.29) is 11.3 Å². The largest absolute Gasteiger partial charge is 0.343 e. The van der Waals surface area contributed by atoms with Crippen molar-refractivity contribution in [2.45, 2.75) is 13.8 Å². The Bertz CT molecular complexity index is 862. The zero-order chi connectivity index (χ0) is 19.4. The number of hydrogen-bond acceptors (Lipinski definition) is 1. The first-order valence-corrected chi connectivity index (χ1v) is 8.52. The van der Waals surface area contributed by atoms with Crippen LogP contribution in [-0.2, 0) is 0 Å². The molecule has 0 N–H and O–H groups in total. The lowest BCUT2D eigenvalue weighted by Gasteiger charge is -2.31. The third-order valence-corrected chi connectivity index (χ3v) is 4.20. The first-order chi connectivity index (χ1) is 12.4. The van der Waals surface area contributed by atoms with Gasteiger partial charge in [0.25, 0.3) is 0 Å². The van der Waals surface area contributed by atoms with Crippen molar-refractivity contribution in [3.05, 3.63) is 94.4 Å². The third-order valence-electron chi connectivity index (χ3n) is 3.87. The van der Waals surface area contributed by atoms with Gasteiger partial charge in [0.15, 0.2) is 0 Å². The van der Waals surface area contributed by atoms with Gasteiger partial charge in [-0.05, 0) is 11.6 Å². The van der Waals surface area contributed by atoms with Crippen LogP contribution in [0.2, 0.25) is 0 Å². The molecule has 26 heavy (non-hydrogen) atoms. The van der Waals surface area contributed by atoms with Gasteiger partial charge in [0, 0.05) is 24.8 Å². The Morgan fingerprint density at radius 3 is 2.04 bits per heavy atom. The highest BCUT2D eigenvalue weighted by Crippen LogP contribution is 2.41. The Labute approximate surface area is 156 Å². The fourth-order valence-electron chi connectivity index (χ4n) is 2.66. The third kappa shape index (κ3) is 3.70. The minimum atomic E-state index is -0.984. The van der Waals surface area contributed by atoms with Crippen LogP contribution in [0.25, 0.3) is 11.3 Å². The number of allylic oxidation sites excluding steroid dienone is 3. The molecule has 5 heteroatoms. The molecule has 1 aliphatic rings. The van der Waals surface area contributed by atoms with Gasteiger partial charge in [-0.25, -0.2) is 13.2 Å². The highest BCUT2D eigenvalue weighted by Gasteiger charge is 2.27. The molecule has 0 atom stereocenters. The van der Waals surface area contributed by atoms with Crippen LogP contribution in [0, 0.1) is 17.5 Å². The van der Waals surface area contributed by atoms with Crippen LogP contribution in [0.1, 0.15) is 25.0 Å². The van der Waals surface area contributed by atoms with Gasteiger partial charge in [-0.3, -0.25) is 0 Å². The fourth-order valence-corrected chi connectivity index (χ4v) is 2.90. The lowest BCUT2D eigenvalue weighted by atomic mass is 9.94. The molecular formula is C21H19ClF3N. The summed E-state index contributed by atoms with van der Waals surface area (Å²) in [6.07, 6.45) is 1.61. The second-order valence-corrected chi connectivity index (χ2v) is 5.78. The topological polar surface area (TPSA) is 3.24 Å². The Kier molecular flexibility index (Phi) is 6.32. The summed E-state index contributed by atoms with van der Waals surface area (Å²) in [6.45, 7) is 7.83. The number of benzene rings is 2. The van der Waals surface area contributed by atoms with Crippen molar-refractivity contribution in [3.63, 3.8) is 0 Å². The molecule has 2 aromatic rings. The molecule has 0 unspecified atom stereocenters. The van der Waals surface area contributed by atoms with Crippen molar-refractivity contribution in [2.75, 3.05) is 7.05 Å². The quantitative estimate of drug-likeness (QED) is 0.571. The number of likely N-dealkylation sites (N-methyl/N-ethyl adjacent to an activating group) is 1. The first kappa shape index (κ1) is 19.9. The highest BCUT2D eigenvalue weighted by atomic mass is 35.5. The van der Waals surface area contributed by atoms with E-state index in [9.17, 15) is 13.2 Å². The number of nitrogens with zero attached hydrogens (tertiary/aromatic N) is 1. The average molecular weight is 378 g/mol. The fraction of sp³-hybridized carbons (Fsp3) is 0.143. The van der Waals surface area contributed by atoms with E-state index in [1.165, 1.54) is 4.90 Å². The van der Waals surface area contributed by atoms with Gasteiger partial charge in [-0.2, -0.15) is 0 Å². The minimum Gasteiger partial charge on any atom is -0.343 e. The Morgan fingerprint density at radius 1 is 0.962 bits per heavy atom. The van der Waals surface area contributed by atoms with Gasteiger partial charge < -0.3 is 4.90 Å². The molecule has 0 amide bonds. The summed E-state index contributed by atoms with van der Waals surface area (Å²) in [7, 11) is 1.61. The molecule has 0 aromatic heterocycles. The standard InChI is InChI=1S/C19H13ClF3N.C2H6/c1-11-15(20)10-14(12-6-4-3-5-7-12)19(24(11)2)18-16(22)8-13(21)9-17(18)23;1-2/h3-10H,1H2,2H3;1-2H3.